The maximum absolute atomic E-state index is 11.7. The minimum Gasteiger partial charge on any atom is -0.465 e. The average molecular weight is 269 g/mol. The fourth-order valence-electron chi connectivity index (χ4n) is 2.86. The number of esters is 1. The molecule has 1 aliphatic carbocycles. The van der Waals surface area contributed by atoms with Crippen LogP contribution in [0.3, 0.4) is 0 Å². The first-order chi connectivity index (χ1) is 8.61. The SMILES string of the molecule is CCOC(=O)[C@@H]1CSC(C2CCC(C)=CC2C)N1. The van der Waals surface area contributed by atoms with Crippen LogP contribution < -0.4 is 5.32 Å². The maximum Gasteiger partial charge on any atom is 0.324 e. The van der Waals surface area contributed by atoms with Crippen LogP contribution in [-0.4, -0.2) is 29.7 Å². The highest BCUT2D eigenvalue weighted by Crippen LogP contribution is 2.37. The van der Waals surface area contributed by atoms with Crippen LogP contribution >= 0.6 is 11.8 Å². The third kappa shape index (κ3) is 3.09. The van der Waals surface area contributed by atoms with Crippen LogP contribution in [0.1, 0.15) is 33.6 Å². The molecule has 0 bridgehead atoms. The number of hydrogen-bond acceptors (Lipinski definition) is 4. The molecule has 3 nitrogen and oxygen atoms in total. The number of carbonyl (C=O) groups is 1. The van der Waals surface area contributed by atoms with Gasteiger partial charge < -0.3 is 4.74 Å². The van der Waals surface area contributed by atoms with E-state index in [2.05, 4.69) is 25.2 Å². The highest BCUT2D eigenvalue weighted by Gasteiger charge is 2.37. The number of thioether (sulfide) groups is 1. The summed E-state index contributed by atoms with van der Waals surface area (Å²) < 4.78 is 5.08. The fourth-order valence-corrected chi connectivity index (χ4v) is 4.38. The summed E-state index contributed by atoms with van der Waals surface area (Å²) in [6, 6.07) is -0.112. The smallest absolute Gasteiger partial charge is 0.324 e. The highest BCUT2D eigenvalue weighted by molar-refractivity contribution is 8.00. The van der Waals surface area contributed by atoms with Crippen molar-refractivity contribution in [3.05, 3.63) is 11.6 Å². The van der Waals surface area contributed by atoms with E-state index >= 15 is 0 Å². The van der Waals surface area contributed by atoms with Gasteiger partial charge in [0.2, 0.25) is 0 Å². The summed E-state index contributed by atoms with van der Waals surface area (Å²) in [5.41, 5.74) is 1.50. The number of carbonyl (C=O) groups excluding carboxylic acids is 1. The third-order valence-corrected chi connectivity index (χ3v) is 5.23. The van der Waals surface area contributed by atoms with Crippen molar-refractivity contribution >= 4 is 17.7 Å². The largest absolute Gasteiger partial charge is 0.465 e. The molecule has 18 heavy (non-hydrogen) atoms. The molecule has 0 aromatic heterocycles. The van der Waals surface area contributed by atoms with Gasteiger partial charge in [0.1, 0.15) is 6.04 Å². The lowest BCUT2D eigenvalue weighted by atomic mass is 9.82. The Balaban J connectivity index is 1.91. The Hall–Kier alpha value is -0.480. The summed E-state index contributed by atoms with van der Waals surface area (Å²) in [5.74, 6) is 1.99. The van der Waals surface area contributed by atoms with Gasteiger partial charge in [-0.05, 0) is 38.5 Å². The van der Waals surface area contributed by atoms with Crippen molar-refractivity contribution in [1.82, 2.24) is 5.32 Å². The molecule has 1 fully saturated rings. The predicted molar refractivity (Wildman–Crippen MR) is 75.4 cm³/mol. The molecule has 4 atom stereocenters. The molecule has 0 saturated carbocycles. The van der Waals surface area contributed by atoms with Gasteiger partial charge in [-0.15, -0.1) is 11.8 Å². The summed E-state index contributed by atoms with van der Waals surface area (Å²) in [7, 11) is 0. The quantitative estimate of drug-likeness (QED) is 0.631. The van der Waals surface area contributed by atoms with E-state index in [-0.39, 0.29) is 12.0 Å². The van der Waals surface area contributed by atoms with E-state index in [4.69, 9.17) is 4.74 Å². The van der Waals surface area contributed by atoms with Gasteiger partial charge in [-0.25, -0.2) is 0 Å². The van der Waals surface area contributed by atoms with Crippen LogP contribution in [-0.2, 0) is 9.53 Å². The molecule has 2 aliphatic rings. The van der Waals surface area contributed by atoms with Crippen molar-refractivity contribution in [2.24, 2.45) is 11.8 Å². The Labute approximate surface area is 114 Å². The first kappa shape index (κ1) is 13.9. The van der Waals surface area contributed by atoms with Crippen LogP contribution in [0.2, 0.25) is 0 Å². The van der Waals surface area contributed by atoms with Gasteiger partial charge in [-0.1, -0.05) is 18.6 Å². The van der Waals surface area contributed by atoms with Gasteiger partial charge in [0, 0.05) is 5.75 Å². The van der Waals surface area contributed by atoms with Crippen LogP contribution in [0.25, 0.3) is 0 Å². The fraction of sp³-hybridized carbons (Fsp3) is 0.786. The van der Waals surface area contributed by atoms with Crippen LogP contribution in [0, 0.1) is 11.8 Å². The van der Waals surface area contributed by atoms with Crippen molar-refractivity contribution in [2.75, 3.05) is 12.4 Å². The number of hydrogen-bond donors (Lipinski definition) is 1. The first-order valence-electron chi connectivity index (χ1n) is 6.83. The summed E-state index contributed by atoms with van der Waals surface area (Å²) in [6.07, 6.45) is 4.80. The van der Waals surface area contributed by atoms with Gasteiger partial charge in [0.15, 0.2) is 0 Å². The zero-order valence-electron chi connectivity index (χ0n) is 11.4. The standard InChI is InChI=1S/C14H23NO2S/c1-4-17-14(16)12-8-18-13(15-12)11-6-5-9(2)7-10(11)3/h7,10-13,15H,4-6,8H2,1-3H3/t10?,11?,12-,13?/m0/s1. The summed E-state index contributed by atoms with van der Waals surface area (Å²) in [5, 5.41) is 3.85. The minimum atomic E-state index is -0.112. The molecular weight excluding hydrogens is 246 g/mol. The molecular formula is C14H23NO2S. The van der Waals surface area contributed by atoms with Crippen LogP contribution in [0.15, 0.2) is 11.6 Å². The van der Waals surface area contributed by atoms with E-state index in [0.29, 0.717) is 23.8 Å². The van der Waals surface area contributed by atoms with E-state index in [1.807, 2.05) is 18.7 Å². The predicted octanol–water partition coefficient (Wildman–Crippen LogP) is 2.57. The third-order valence-electron chi connectivity index (χ3n) is 3.86. The number of nitrogens with one attached hydrogen (secondary N) is 1. The lowest BCUT2D eigenvalue weighted by molar-refractivity contribution is -0.144. The number of ether oxygens (including phenoxy) is 1. The molecule has 102 valence electrons. The van der Waals surface area contributed by atoms with Gasteiger partial charge in [-0.3, -0.25) is 10.1 Å². The minimum absolute atomic E-state index is 0.0947. The Morgan fingerprint density at radius 1 is 1.61 bits per heavy atom. The van der Waals surface area contributed by atoms with Crippen molar-refractivity contribution in [2.45, 2.75) is 45.0 Å². The molecule has 1 saturated heterocycles. The van der Waals surface area contributed by atoms with E-state index in [1.54, 1.807) is 0 Å². The Morgan fingerprint density at radius 2 is 2.39 bits per heavy atom. The normalized spacial score (nSPS) is 36.3. The second-order valence-electron chi connectivity index (χ2n) is 5.30. The zero-order chi connectivity index (χ0) is 13.1. The summed E-state index contributed by atoms with van der Waals surface area (Å²) >= 11 is 1.87. The maximum atomic E-state index is 11.7. The van der Waals surface area contributed by atoms with Gasteiger partial charge in [-0.2, -0.15) is 0 Å². The topological polar surface area (TPSA) is 38.3 Å². The molecule has 1 aliphatic heterocycles. The van der Waals surface area contributed by atoms with Crippen molar-refractivity contribution in [1.29, 1.82) is 0 Å². The van der Waals surface area contributed by atoms with Crippen LogP contribution in [0.5, 0.6) is 0 Å². The molecule has 0 aromatic carbocycles. The second-order valence-corrected chi connectivity index (χ2v) is 6.47. The monoisotopic (exact) mass is 269 g/mol. The Morgan fingerprint density at radius 3 is 3.06 bits per heavy atom. The first-order valence-corrected chi connectivity index (χ1v) is 7.88. The van der Waals surface area contributed by atoms with Crippen molar-refractivity contribution in [3.8, 4) is 0 Å². The van der Waals surface area contributed by atoms with Crippen LogP contribution in [0.4, 0.5) is 0 Å². The van der Waals surface area contributed by atoms with Crippen molar-refractivity contribution < 1.29 is 9.53 Å². The molecule has 1 heterocycles. The highest BCUT2D eigenvalue weighted by atomic mass is 32.2. The van der Waals surface area contributed by atoms with E-state index in [1.165, 1.54) is 18.4 Å². The summed E-state index contributed by atoms with van der Waals surface area (Å²) in [6.45, 7) is 6.82. The van der Waals surface area contributed by atoms with Crippen molar-refractivity contribution in [3.63, 3.8) is 0 Å². The zero-order valence-corrected chi connectivity index (χ0v) is 12.3. The average Bonchev–Trinajstić information content (AvgIpc) is 2.78. The molecule has 1 N–H and O–H groups in total. The Bertz CT molecular complexity index is 343. The lowest BCUT2D eigenvalue weighted by Gasteiger charge is -2.31. The number of allylic oxidation sites excluding steroid dienone is 2. The molecule has 3 unspecified atom stereocenters. The second kappa shape index (κ2) is 6.11. The Kier molecular flexibility index (Phi) is 4.73. The number of rotatable bonds is 3. The van der Waals surface area contributed by atoms with Gasteiger partial charge in [0.05, 0.1) is 12.0 Å². The van der Waals surface area contributed by atoms with E-state index in [0.717, 1.165) is 5.75 Å². The van der Waals surface area contributed by atoms with Gasteiger partial charge >= 0.3 is 5.97 Å². The molecule has 0 amide bonds. The van der Waals surface area contributed by atoms with E-state index < -0.39 is 0 Å². The lowest BCUT2D eigenvalue weighted by Crippen LogP contribution is -2.42. The molecule has 0 radical (unpaired) electrons. The molecule has 4 heteroatoms. The van der Waals surface area contributed by atoms with Gasteiger partial charge in [0.25, 0.3) is 0 Å². The molecule has 2 rings (SSSR count). The molecule has 0 spiro atoms. The molecule has 0 aromatic rings. The van der Waals surface area contributed by atoms with E-state index in [9.17, 15) is 4.79 Å². The summed E-state index contributed by atoms with van der Waals surface area (Å²) in [4.78, 5) is 11.7.